The van der Waals surface area contributed by atoms with Gasteiger partial charge in [-0.3, -0.25) is 24.7 Å². The van der Waals surface area contributed by atoms with Crippen LogP contribution in [0.15, 0.2) is 24.3 Å². The van der Waals surface area contributed by atoms with Crippen molar-refractivity contribution in [3.63, 3.8) is 0 Å². The molecular formula is C19H21N5O5. The summed E-state index contributed by atoms with van der Waals surface area (Å²) >= 11 is 0. The molecule has 10 heteroatoms. The predicted molar refractivity (Wildman–Crippen MR) is 98.9 cm³/mol. The minimum atomic E-state index is -1.17. The quantitative estimate of drug-likeness (QED) is 0.620. The van der Waals surface area contributed by atoms with E-state index in [-0.39, 0.29) is 0 Å². The molecule has 0 saturated carbocycles. The van der Waals surface area contributed by atoms with Gasteiger partial charge in [-0.25, -0.2) is 9.59 Å². The normalized spacial score (nSPS) is 28.1. The topological polar surface area (TPSA) is 128 Å². The fourth-order valence-corrected chi connectivity index (χ4v) is 4.06. The summed E-state index contributed by atoms with van der Waals surface area (Å²) in [6.07, 6.45) is 1.40. The number of amides is 7. The number of imide groups is 2. The van der Waals surface area contributed by atoms with Crippen molar-refractivity contribution in [2.45, 2.75) is 44.2 Å². The second-order valence-electron chi connectivity index (χ2n) is 7.68. The molecule has 1 aromatic rings. The van der Waals surface area contributed by atoms with Crippen molar-refractivity contribution >= 4 is 29.8 Å². The molecule has 3 N–H and O–H groups in total. The van der Waals surface area contributed by atoms with Gasteiger partial charge in [0.1, 0.15) is 17.6 Å². The molecule has 0 aromatic heterocycles. The van der Waals surface area contributed by atoms with E-state index in [9.17, 15) is 24.0 Å². The van der Waals surface area contributed by atoms with Gasteiger partial charge in [0.25, 0.3) is 17.7 Å². The molecule has 2 saturated heterocycles. The molecule has 2 aliphatic heterocycles. The summed E-state index contributed by atoms with van der Waals surface area (Å²) in [5, 5.41) is 5.82. The highest BCUT2D eigenvalue weighted by atomic mass is 16.2. The molecule has 1 aliphatic carbocycles. The van der Waals surface area contributed by atoms with Crippen LogP contribution in [0.2, 0.25) is 0 Å². The van der Waals surface area contributed by atoms with Crippen LogP contribution >= 0.6 is 0 Å². The first-order valence-electron chi connectivity index (χ1n) is 9.40. The Morgan fingerprint density at radius 3 is 2.52 bits per heavy atom. The molecule has 29 heavy (non-hydrogen) atoms. The average molecular weight is 399 g/mol. The Hall–Kier alpha value is -3.43. The zero-order valence-corrected chi connectivity index (χ0v) is 16.1. The maximum Gasteiger partial charge on any atom is 0.344 e. The first-order valence-corrected chi connectivity index (χ1v) is 9.40. The lowest BCUT2D eigenvalue weighted by molar-refractivity contribution is -0.140. The smallest absolute Gasteiger partial charge is 0.322 e. The summed E-state index contributed by atoms with van der Waals surface area (Å²) < 4.78 is 0. The number of carbonyl (C=O) groups is 5. The first kappa shape index (κ1) is 18.9. The van der Waals surface area contributed by atoms with Crippen molar-refractivity contribution < 1.29 is 24.0 Å². The number of nitrogens with zero attached hydrogens (tertiary/aromatic N) is 2. The summed E-state index contributed by atoms with van der Waals surface area (Å²) in [4.78, 5) is 63.2. The van der Waals surface area contributed by atoms with Crippen LogP contribution in [0.5, 0.6) is 0 Å². The van der Waals surface area contributed by atoms with Crippen molar-refractivity contribution in [3.8, 4) is 0 Å². The number of carbonyl (C=O) groups excluding carboxylic acids is 5. The van der Waals surface area contributed by atoms with Gasteiger partial charge < -0.3 is 10.6 Å². The number of rotatable bonds is 4. The lowest BCUT2D eigenvalue weighted by atomic mass is 9.92. The number of hydrogen-bond acceptors (Lipinski definition) is 5. The predicted octanol–water partition coefficient (Wildman–Crippen LogP) is 0.132. The fourth-order valence-electron chi connectivity index (χ4n) is 4.06. The van der Waals surface area contributed by atoms with E-state index in [4.69, 9.17) is 0 Å². The highest BCUT2D eigenvalue weighted by Gasteiger charge is 2.56. The number of urea groups is 2. The van der Waals surface area contributed by atoms with Gasteiger partial charge in [-0.2, -0.15) is 5.01 Å². The minimum Gasteiger partial charge on any atom is -0.322 e. The molecule has 0 unspecified atom stereocenters. The Labute approximate surface area is 166 Å². The largest absolute Gasteiger partial charge is 0.344 e. The fraction of sp³-hybridized carbons (Fsp3) is 0.421. The standard InChI is InChI=1S/C19H21N5O5/c1-3-18(2)14(26)24(17(29)20-18)22-13(25)10-23-15(27)19(21-16(23)28)9-8-11-6-4-5-7-12(11)19/h4-7H,3,8-10H2,1-2H3,(H,20,29)(H,21,28)(H,22,25)/t18-,19-/m0/s1. The highest BCUT2D eigenvalue weighted by Crippen LogP contribution is 2.41. The van der Waals surface area contributed by atoms with E-state index in [1.807, 2.05) is 12.1 Å². The van der Waals surface area contributed by atoms with E-state index in [0.29, 0.717) is 24.3 Å². The Morgan fingerprint density at radius 2 is 1.83 bits per heavy atom. The van der Waals surface area contributed by atoms with Gasteiger partial charge in [-0.15, -0.1) is 0 Å². The van der Waals surface area contributed by atoms with Gasteiger partial charge >= 0.3 is 12.1 Å². The van der Waals surface area contributed by atoms with E-state index < -0.39 is 47.4 Å². The Morgan fingerprint density at radius 1 is 1.10 bits per heavy atom. The second-order valence-corrected chi connectivity index (χ2v) is 7.68. The molecule has 4 rings (SSSR count). The Kier molecular flexibility index (Phi) is 4.10. The van der Waals surface area contributed by atoms with Crippen molar-refractivity contribution in [3.05, 3.63) is 35.4 Å². The second kappa shape index (κ2) is 6.29. The Balaban J connectivity index is 1.49. The van der Waals surface area contributed by atoms with E-state index in [0.717, 1.165) is 16.0 Å². The van der Waals surface area contributed by atoms with Crippen LogP contribution in [0, 0.1) is 0 Å². The van der Waals surface area contributed by atoms with Crippen LogP contribution in [-0.4, -0.2) is 51.8 Å². The van der Waals surface area contributed by atoms with Crippen LogP contribution in [0.4, 0.5) is 9.59 Å². The maximum atomic E-state index is 13.1. The molecule has 1 aromatic carbocycles. The van der Waals surface area contributed by atoms with Crippen LogP contribution < -0.4 is 16.1 Å². The molecule has 152 valence electrons. The van der Waals surface area contributed by atoms with Crippen molar-refractivity contribution in [1.29, 1.82) is 0 Å². The van der Waals surface area contributed by atoms with Crippen molar-refractivity contribution in [2.24, 2.45) is 0 Å². The van der Waals surface area contributed by atoms with Crippen LogP contribution in [0.3, 0.4) is 0 Å². The monoisotopic (exact) mass is 399 g/mol. The molecule has 3 aliphatic rings. The number of fused-ring (bicyclic) bond motifs is 2. The average Bonchev–Trinajstić information content (AvgIpc) is 3.26. The van der Waals surface area contributed by atoms with Gasteiger partial charge in [-0.05, 0) is 37.3 Å². The zero-order chi connectivity index (χ0) is 21.0. The summed E-state index contributed by atoms with van der Waals surface area (Å²) in [5.41, 5.74) is 1.62. The molecule has 2 heterocycles. The third-order valence-corrected chi connectivity index (χ3v) is 5.93. The zero-order valence-electron chi connectivity index (χ0n) is 16.1. The highest BCUT2D eigenvalue weighted by molar-refractivity contribution is 6.11. The lowest BCUT2D eigenvalue weighted by Crippen LogP contribution is -2.52. The van der Waals surface area contributed by atoms with Gasteiger partial charge in [0.15, 0.2) is 0 Å². The third-order valence-electron chi connectivity index (χ3n) is 5.93. The van der Waals surface area contributed by atoms with Crippen molar-refractivity contribution in [1.82, 2.24) is 26.0 Å². The number of hydrogen-bond donors (Lipinski definition) is 3. The van der Waals surface area contributed by atoms with E-state index >= 15 is 0 Å². The number of hydrazine groups is 1. The van der Waals surface area contributed by atoms with Gasteiger partial charge in [0.2, 0.25) is 0 Å². The SMILES string of the molecule is CC[C@]1(C)NC(=O)N(NC(=O)CN2C(=O)N[C@]3(CCc4ccccc43)C2=O)C1=O. The van der Waals surface area contributed by atoms with Crippen LogP contribution in [0.25, 0.3) is 0 Å². The van der Waals surface area contributed by atoms with E-state index in [1.165, 1.54) is 0 Å². The minimum absolute atomic E-state index is 0.346. The molecule has 7 amide bonds. The van der Waals surface area contributed by atoms with Gasteiger partial charge in [-0.1, -0.05) is 31.2 Å². The molecule has 0 radical (unpaired) electrons. The molecule has 2 fully saturated rings. The van der Waals surface area contributed by atoms with Gasteiger partial charge in [0, 0.05) is 0 Å². The van der Waals surface area contributed by atoms with Crippen molar-refractivity contribution in [2.75, 3.05) is 6.54 Å². The summed E-state index contributed by atoms with van der Waals surface area (Å²) in [5.74, 6) is -1.93. The molecule has 0 bridgehead atoms. The van der Waals surface area contributed by atoms with E-state index in [1.54, 1.807) is 26.0 Å². The number of nitrogens with one attached hydrogen (secondary N) is 3. The number of benzene rings is 1. The first-order chi connectivity index (χ1) is 13.7. The van der Waals surface area contributed by atoms with Crippen LogP contribution in [-0.2, 0) is 26.3 Å². The summed E-state index contributed by atoms with van der Waals surface area (Å²) in [7, 11) is 0. The summed E-state index contributed by atoms with van der Waals surface area (Å²) in [6, 6.07) is 5.92. The Bertz CT molecular complexity index is 962. The van der Waals surface area contributed by atoms with Crippen LogP contribution in [0.1, 0.15) is 37.8 Å². The van der Waals surface area contributed by atoms with Gasteiger partial charge in [0.05, 0.1) is 0 Å². The molecular weight excluding hydrogens is 378 g/mol. The molecule has 1 spiro atoms. The molecule has 10 nitrogen and oxygen atoms in total. The third kappa shape index (κ3) is 2.66. The summed E-state index contributed by atoms with van der Waals surface area (Å²) in [6.45, 7) is 2.68. The van der Waals surface area contributed by atoms with E-state index in [2.05, 4.69) is 16.1 Å². The molecule has 2 atom stereocenters. The number of aryl methyl sites for hydroxylation is 1. The lowest BCUT2D eigenvalue weighted by Gasteiger charge is -2.22. The maximum absolute atomic E-state index is 13.1.